The van der Waals surface area contributed by atoms with Crippen molar-refractivity contribution in [3.8, 4) is 5.69 Å². The lowest BCUT2D eigenvalue weighted by Crippen LogP contribution is -2.35. The number of nitrogen functional groups attached to an aromatic ring is 1. The van der Waals surface area contributed by atoms with Crippen molar-refractivity contribution in [3.63, 3.8) is 0 Å². The van der Waals surface area contributed by atoms with Gasteiger partial charge in [-0.15, -0.1) is 5.10 Å². The van der Waals surface area contributed by atoms with E-state index in [1.54, 1.807) is 35.2 Å². The molecule has 4 aromatic heterocycles. The first-order chi connectivity index (χ1) is 26.0. The third-order valence-corrected chi connectivity index (χ3v) is 10.6. The average Bonchev–Trinajstić information content (AvgIpc) is 3.51. The molecule has 0 spiro atoms. The molecule has 292 valence electrons. The number of amides is 1. The Morgan fingerprint density at radius 3 is 2.05 bits per heavy atom. The van der Waals surface area contributed by atoms with E-state index in [9.17, 15) is 14.4 Å². The molecule has 56 heavy (non-hydrogen) atoms. The molecular formula is C43H48Cl2N8O3. The van der Waals surface area contributed by atoms with Crippen LogP contribution < -0.4 is 27.9 Å². The minimum absolute atomic E-state index is 0. The standard InChI is InChI=1S/C24H25ClN6O2.C17H15ClN2O.2CH4/c1-14(28-23(32)20-21(26)29-30-12-6-11-27-22(20)30)18-13-15-7-5-10-17(25)19(15)24(33)31(18)16-8-3-2-4-9-16;1-11(19)15-10-12-6-5-9-14(18)16(12)17(21)20(15)13-7-3-2-4-8-13;;/h5-7,10-14,16H,2-4,8-9H2,1H3,(H2,26,29)(H,28,32);2-11H,19H2,1H3;2*1H4/t14-;11-;;/m00../s1. The summed E-state index contributed by atoms with van der Waals surface area (Å²) in [5.41, 5.74) is 14.7. The largest absolute Gasteiger partial charge is 0.381 e. The maximum absolute atomic E-state index is 13.6. The van der Waals surface area contributed by atoms with Crippen LogP contribution in [0.3, 0.4) is 0 Å². The average molecular weight is 796 g/mol. The lowest BCUT2D eigenvalue weighted by Gasteiger charge is -2.29. The van der Waals surface area contributed by atoms with Crippen LogP contribution in [-0.4, -0.2) is 29.6 Å². The number of anilines is 1. The second-order valence-corrected chi connectivity index (χ2v) is 14.4. The molecular weight excluding hydrogens is 747 g/mol. The van der Waals surface area contributed by atoms with E-state index in [-0.39, 0.29) is 55.3 Å². The highest BCUT2D eigenvalue weighted by Crippen LogP contribution is 2.32. The molecule has 2 atom stereocenters. The Balaban J connectivity index is 0.000000227. The molecule has 0 saturated heterocycles. The number of nitrogens with zero attached hydrogens (tertiary/aromatic N) is 5. The minimum Gasteiger partial charge on any atom is -0.381 e. The fraction of sp³-hybridized carbons (Fsp3) is 0.279. The molecule has 8 rings (SSSR count). The van der Waals surface area contributed by atoms with Gasteiger partial charge in [0.25, 0.3) is 17.0 Å². The normalized spacial score (nSPS) is 13.9. The number of nitrogens with two attached hydrogens (primary N) is 2. The van der Waals surface area contributed by atoms with Gasteiger partial charge in [0.05, 0.1) is 26.9 Å². The Bertz CT molecular complexity index is 2630. The number of hydrogen-bond acceptors (Lipinski definition) is 7. The van der Waals surface area contributed by atoms with Crippen LogP contribution in [-0.2, 0) is 0 Å². The summed E-state index contributed by atoms with van der Waals surface area (Å²) in [5.74, 6) is -0.282. The third-order valence-electron chi connectivity index (χ3n) is 9.95. The number of carbonyl (C=O) groups is 1. The number of carbonyl (C=O) groups excluding carboxylic acids is 1. The summed E-state index contributed by atoms with van der Waals surface area (Å²) in [5, 5.41) is 10.7. The van der Waals surface area contributed by atoms with Gasteiger partial charge < -0.3 is 21.4 Å². The maximum atomic E-state index is 13.6. The van der Waals surface area contributed by atoms with Gasteiger partial charge in [-0.2, -0.15) is 0 Å². The summed E-state index contributed by atoms with van der Waals surface area (Å²) < 4.78 is 4.96. The molecule has 3 aromatic carbocycles. The topological polar surface area (TPSA) is 155 Å². The molecule has 7 aromatic rings. The molecule has 1 saturated carbocycles. The first-order valence-corrected chi connectivity index (χ1v) is 18.7. The van der Waals surface area contributed by atoms with E-state index in [4.69, 9.17) is 34.7 Å². The number of rotatable bonds is 6. The van der Waals surface area contributed by atoms with E-state index in [1.165, 1.54) is 10.9 Å². The van der Waals surface area contributed by atoms with Crippen molar-refractivity contribution in [2.75, 3.05) is 5.73 Å². The Labute approximate surface area is 335 Å². The molecule has 1 amide bonds. The Kier molecular flexibility index (Phi) is 13.0. The van der Waals surface area contributed by atoms with E-state index in [2.05, 4.69) is 15.4 Å². The molecule has 0 unspecified atom stereocenters. The van der Waals surface area contributed by atoms with Gasteiger partial charge in [-0.3, -0.25) is 19.0 Å². The van der Waals surface area contributed by atoms with Gasteiger partial charge in [-0.25, -0.2) is 9.50 Å². The summed E-state index contributed by atoms with van der Waals surface area (Å²) in [6, 6.07) is 25.3. The van der Waals surface area contributed by atoms with Gasteiger partial charge in [0.2, 0.25) is 0 Å². The zero-order valence-corrected chi connectivity index (χ0v) is 31.4. The van der Waals surface area contributed by atoms with Crippen LogP contribution in [0.15, 0.2) is 107 Å². The highest BCUT2D eigenvalue weighted by Gasteiger charge is 2.27. The molecule has 5 N–H and O–H groups in total. The molecule has 1 aliphatic carbocycles. The summed E-state index contributed by atoms with van der Waals surface area (Å²) in [7, 11) is 0. The van der Waals surface area contributed by atoms with Crippen molar-refractivity contribution in [1.29, 1.82) is 0 Å². The second kappa shape index (κ2) is 17.5. The number of nitrogens with one attached hydrogen (secondary N) is 1. The predicted molar refractivity (Wildman–Crippen MR) is 229 cm³/mol. The lowest BCUT2D eigenvalue weighted by molar-refractivity contribution is 0.0940. The predicted octanol–water partition coefficient (Wildman–Crippen LogP) is 9.21. The minimum atomic E-state index is -0.450. The van der Waals surface area contributed by atoms with Gasteiger partial charge in [-0.05, 0) is 79.9 Å². The second-order valence-electron chi connectivity index (χ2n) is 13.6. The number of para-hydroxylation sites is 1. The number of halogens is 2. The highest BCUT2D eigenvalue weighted by molar-refractivity contribution is 6.35. The molecule has 0 radical (unpaired) electrons. The quantitative estimate of drug-likeness (QED) is 0.152. The van der Waals surface area contributed by atoms with Crippen LogP contribution in [0.2, 0.25) is 10.0 Å². The Hall–Kier alpha value is -5.49. The molecule has 13 heteroatoms. The van der Waals surface area contributed by atoms with Crippen molar-refractivity contribution in [1.82, 2.24) is 29.0 Å². The number of hydrogen-bond donors (Lipinski definition) is 3. The van der Waals surface area contributed by atoms with Crippen LogP contribution >= 0.6 is 23.2 Å². The van der Waals surface area contributed by atoms with Crippen LogP contribution in [0.4, 0.5) is 5.82 Å². The fourth-order valence-electron chi connectivity index (χ4n) is 7.39. The molecule has 11 nitrogen and oxygen atoms in total. The Morgan fingerprint density at radius 2 is 1.43 bits per heavy atom. The molecule has 1 aliphatic rings. The number of aromatic nitrogens is 5. The monoisotopic (exact) mass is 794 g/mol. The van der Waals surface area contributed by atoms with Gasteiger partial charge in [0.1, 0.15) is 5.56 Å². The molecule has 4 heterocycles. The van der Waals surface area contributed by atoms with Gasteiger partial charge in [-0.1, -0.05) is 99.8 Å². The van der Waals surface area contributed by atoms with E-state index < -0.39 is 6.04 Å². The maximum Gasteiger partial charge on any atom is 0.264 e. The van der Waals surface area contributed by atoms with Crippen molar-refractivity contribution < 1.29 is 4.79 Å². The van der Waals surface area contributed by atoms with Crippen molar-refractivity contribution in [3.05, 3.63) is 145 Å². The van der Waals surface area contributed by atoms with Crippen LogP contribution in [0.1, 0.15) is 101 Å². The third kappa shape index (κ3) is 7.93. The van der Waals surface area contributed by atoms with Crippen LogP contribution in [0.25, 0.3) is 32.9 Å². The fourth-order valence-corrected chi connectivity index (χ4v) is 7.91. The summed E-state index contributed by atoms with van der Waals surface area (Å²) in [6.07, 6.45) is 8.44. The van der Waals surface area contributed by atoms with E-state index >= 15 is 0 Å². The summed E-state index contributed by atoms with van der Waals surface area (Å²) >= 11 is 12.6. The first kappa shape index (κ1) is 41.7. The van der Waals surface area contributed by atoms with Gasteiger partial charge in [0, 0.05) is 41.6 Å². The lowest BCUT2D eigenvalue weighted by atomic mass is 9.94. The van der Waals surface area contributed by atoms with Gasteiger partial charge >= 0.3 is 0 Å². The highest BCUT2D eigenvalue weighted by atomic mass is 35.5. The smallest absolute Gasteiger partial charge is 0.264 e. The molecule has 0 aliphatic heterocycles. The van der Waals surface area contributed by atoms with E-state index in [0.29, 0.717) is 26.5 Å². The number of pyridine rings is 2. The molecule has 1 fully saturated rings. The van der Waals surface area contributed by atoms with E-state index in [0.717, 1.165) is 53.5 Å². The summed E-state index contributed by atoms with van der Waals surface area (Å²) in [6.45, 7) is 3.74. The van der Waals surface area contributed by atoms with Gasteiger partial charge in [0.15, 0.2) is 11.5 Å². The van der Waals surface area contributed by atoms with Crippen molar-refractivity contribution in [2.45, 2.75) is 78.9 Å². The van der Waals surface area contributed by atoms with E-state index in [1.807, 2.05) is 85.1 Å². The first-order valence-electron chi connectivity index (χ1n) is 17.9. The summed E-state index contributed by atoms with van der Waals surface area (Å²) in [4.78, 5) is 44.0. The number of fused-ring (bicyclic) bond motifs is 3. The van der Waals surface area contributed by atoms with Crippen LogP contribution in [0.5, 0.6) is 0 Å². The zero-order valence-electron chi connectivity index (χ0n) is 29.9. The zero-order chi connectivity index (χ0) is 38.1. The molecule has 0 bridgehead atoms. The number of benzene rings is 3. The van der Waals surface area contributed by atoms with Crippen LogP contribution in [0, 0.1) is 0 Å². The van der Waals surface area contributed by atoms with Crippen molar-refractivity contribution >= 4 is 62.1 Å². The SMILES string of the molecule is C.C.C[C@H](N)c1cc2cccc(Cl)c2c(=O)n1-c1ccccc1.C[C@H](NC(=O)c1c(N)nn2cccnc12)c1cc2cccc(Cl)c2c(=O)n1C1CCCCC1. The van der Waals surface area contributed by atoms with Crippen molar-refractivity contribution in [2.24, 2.45) is 5.73 Å². The Morgan fingerprint density at radius 1 is 0.821 bits per heavy atom.